The normalized spacial score (nSPS) is 44.8. The predicted molar refractivity (Wildman–Crippen MR) is 78.0 cm³/mol. The van der Waals surface area contributed by atoms with Gasteiger partial charge in [-0.25, -0.2) is 0 Å². The van der Waals surface area contributed by atoms with E-state index in [1.165, 1.54) is 45.4 Å². The molecule has 0 spiro atoms. The first-order valence-electron chi connectivity index (χ1n) is 8.37. The Kier molecular flexibility index (Phi) is 2.95. The van der Waals surface area contributed by atoms with Crippen LogP contribution in [0.3, 0.4) is 0 Å². The van der Waals surface area contributed by atoms with Crippen LogP contribution in [0.2, 0.25) is 0 Å². The van der Waals surface area contributed by atoms with Crippen LogP contribution in [0.25, 0.3) is 0 Å². The summed E-state index contributed by atoms with van der Waals surface area (Å²) in [6.07, 6.45) is 5.16. The molecule has 3 nitrogen and oxygen atoms in total. The molecule has 3 unspecified atom stereocenters. The minimum atomic E-state index is 0.690. The van der Waals surface area contributed by atoms with Gasteiger partial charge in [0.2, 0.25) is 0 Å². The SMILES string of the molecule is CC(C)N1CC2CC1CN2C(C)N1CC2CC(C2)C1. The van der Waals surface area contributed by atoms with Gasteiger partial charge in [0.05, 0.1) is 6.17 Å². The van der Waals surface area contributed by atoms with E-state index >= 15 is 0 Å². The predicted octanol–water partition coefficient (Wildman–Crippen LogP) is 1.84. The molecule has 108 valence electrons. The molecule has 3 heteroatoms. The van der Waals surface area contributed by atoms with E-state index in [4.69, 9.17) is 0 Å². The number of hydrogen-bond donors (Lipinski definition) is 0. The minimum Gasteiger partial charge on any atom is -0.295 e. The molecule has 5 fully saturated rings. The molecular formula is C16H29N3. The van der Waals surface area contributed by atoms with Crippen LogP contribution in [0.5, 0.6) is 0 Å². The molecule has 0 radical (unpaired) electrons. The summed E-state index contributed by atoms with van der Waals surface area (Å²) in [6, 6.07) is 2.41. The Morgan fingerprint density at radius 3 is 1.84 bits per heavy atom. The molecular weight excluding hydrogens is 234 g/mol. The molecule has 0 aromatic heterocycles. The summed E-state index contributed by atoms with van der Waals surface area (Å²) in [5, 5.41) is 0. The van der Waals surface area contributed by atoms with Crippen LogP contribution >= 0.6 is 0 Å². The summed E-state index contributed by atoms with van der Waals surface area (Å²) < 4.78 is 0. The Morgan fingerprint density at radius 1 is 0.737 bits per heavy atom. The van der Waals surface area contributed by atoms with Crippen LogP contribution < -0.4 is 0 Å². The molecule has 1 aliphatic carbocycles. The number of hydrogen-bond acceptors (Lipinski definition) is 3. The van der Waals surface area contributed by atoms with E-state index in [0.717, 1.165) is 30.0 Å². The second-order valence-corrected chi connectivity index (χ2v) is 7.82. The van der Waals surface area contributed by atoms with Gasteiger partial charge in [0.25, 0.3) is 0 Å². The van der Waals surface area contributed by atoms with Crippen LogP contribution in [-0.2, 0) is 0 Å². The highest BCUT2D eigenvalue weighted by atomic mass is 15.4. The lowest BCUT2D eigenvalue weighted by atomic mass is 9.71. The first-order chi connectivity index (χ1) is 9.11. The van der Waals surface area contributed by atoms with Crippen molar-refractivity contribution in [1.82, 2.24) is 14.7 Å². The first-order valence-corrected chi connectivity index (χ1v) is 8.37. The molecule has 0 amide bonds. The second-order valence-electron chi connectivity index (χ2n) is 7.82. The van der Waals surface area contributed by atoms with Gasteiger partial charge in [-0.15, -0.1) is 0 Å². The first kappa shape index (κ1) is 12.6. The fourth-order valence-corrected chi connectivity index (χ4v) is 5.24. The van der Waals surface area contributed by atoms with Crippen molar-refractivity contribution in [1.29, 1.82) is 0 Å². The molecule has 19 heavy (non-hydrogen) atoms. The largest absolute Gasteiger partial charge is 0.295 e. The number of fused-ring (bicyclic) bond motifs is 4. The van der Waals surface area contributed by atoms with Crippen molar-refractivity contribution in [2.24, 2.45) is 11.8 Å². The van der Waals surface area contributed by atoms with Crippen molar-refractivity contribution in [3.05, 3.63) is 0 Å². The molecule has 4 bridgehead atoms. The summed E-state index contributed by atoms with van der Waals surface area (Å²) in [7, 11) is 0. The maximum absolute atomic E-state index is 2.81. The average molecular weight is 263 g/mol. The van der Waals surface area contributed by atoms with E-state index < -0.39 is 0 Å². The summed E-state index contributed by atoms with van der Waals surface area (Å²) in [5.74, 6) is 2.07. The standard InChI is InChI=1S/C16H29N3/c1-11(2)18-9-16-6-15(18)10-19(16)12(3)17-7-13-4-14(5-13)8-17/h11-16H,4-10H2,1-3H3. The van der Waals surface area contributed by atoms with Gasteiger partial charge in [0.15, 0.2) is 0 Å². The monoisotopic (exact) mass is 263 g/mol. The highest BCUT2D eigenvalue weighted by Gasteiger charge is 2.48. The molecule has 5 rings (SSSR count). The van der Waals surface area contributed by atoms with Gasteiger partial charge in [-0.2, -0.15) is 0 Å². The maximum Gasteiger partial charge on any atom is 0.0597 e. The lowest BCUT2D eigenvalue weighted by Gasteiger charge is -2.52. The van der Waals surface area contributed by atoms with E-state index in [2.05, 4.69) is 35.5 Å². The van der Waals surface area contributed by atoms with Crippen LogP contribution in [0.1, 0.15) is 40.0 Å². The van der Waals surface area contributed by atoms with Gasteiger partial charge >= 0.3 is 0 Å². The Hall–Kier alpha value is -0.120. The molecule has 0 aromatic rings. The molecule has 5 aliphatic rings. The highest BCUT2D eigenvalue weighted by molar-refractivity contribution is 5.03. The van der Waals surface area contributed by atoms with E-state index in [-0.39, 0.29) is 0 Å². The quantitative estimate of drug-likeness (QED) is 0.769. The van der Waals surface area contributed by atoms with E-state index in [9.17, 15) is 0 Å². The van der Waals surface area contributed by atoms with Crippen molar-refractivity contribution < 1.29 is 0 Å². The average Bonchev–Trinajstić information content (AvgIpc) is 2.96. The third-order valence-electron chi connectivity index (χ3n) is 6.32. The van der Waals surface area contributed by atoms with Crippen molar-refractivity contribution in [2.75, 3.05) is 26.2 Å². The lowest BCUT2D eigenvalue weighted by Crippen LogP contribution is -2.60. The second kappa shape index (κ2) is 4.44. The molecule has 0 N–H and O–H groups in total. The lowest BCUT2D eigenvalue weighted by molar-refractivity contribution is -0.0603. The molecule has 0 aromatic carbocycles. The Morgan fingerprint density at radius 2 is 1.32 bits per heavy atom. The zero-order chi connectivity index (χ0) is 13.1. The van der Waals surface area contributed by atoms with Crippen LogP contribution in [0, 0.1) is 11.8 Å². The summed E-state index contributed by atoms with van der Waals surface area (Å²) in [6.45, 7) is 12.5. The topological polar surface area (TPSA) is 9.72 Å². The third kappa shape index (κ3) is 1.97. The van der Waals surface area contributed by atoms with Gasteiger partial charge in [-0.1, -0.05) is 0 Å². The zero-order valence-corrected chi connectivity index (χ0v) is 12.8. The summed E-state index contributed by atoms with van der Waals surface area (Å²) in [4.78, 5) is 8.32. The summed E-state index contributed by atoms with van der Waals surface area (Å²) >= 11 is 0. The molecule has 4 heterocycles. The smallest absolute Gasteiger partial charge is 0.0597 e. The molecule has 1 saturated carbocycles. The maximum atomic E-state index is 2.81. The van der Waals surface area contributed by atoms with E-state index in [0.29, 0.717) is 6.17 Å². The van der Waals surface area contributed by atoms with Crippen molar-refractivity contribution in [3.63, 3.8) is 0 Å². The van der Waals surface area contributed by atoms with Crippen molar-refractivity contribution in [2.45, 2.75) is 64.3 Å². The highest BCUT2D eigenvalue weighted by Crippen LogP contribution is 2.41. The Labute approximate surface area is 117 Å². The molecule has 3 atom stereocenters. The van der Waals surface area contributed by atoms with Gasteiger partial charge < -0.3 is 0 Å². The van der Waals surface area contributed by atoms with Crippen LogP contribution in [0.15, 0.2) is 0 Å². The number of likely N-dealkylation sites (tertiary alicyclic amines) is 2. The van der Waals surface area contributed by atoms with Crippen LogP contribution in [0.4, 0.5) is 0 Å². The fourth-order valence-electron chi connectivity index (χ4n) is 5.24. The van der Waals surface area contributed by atoms with Crippen LogP contribution in [-0.4, -0.2) is 65.2 Å². The number of piperidine rings is 2. The van der Waals surface area contributed by atoms with Crippen molar-refractivity contribution in [3.8, 4) is 0 Å². The third-order valence-corrected chi connectivity index (χ3v) is 6.32. The number of piperazine rings is 1. The number of nitrogens with zero attached hydrogens (tertiary/aromatic N) is 3. The molecule has 4 aliphatic heterocycles. The Bertz CT molecular complexity index is 340. The molecule has 4 saturated heterocycles. The van der Waals surface area contributed by atoms with Gasteiger partial charge in [-0.3, -0.25) is 14.7 Å². The summed E-state index contributed by atoms with van der Waals surface area (Å²) in [5.41, 5.74) is 0. The zero-order valence-electron chi connectivity index (χ0n) is 12.8. The minimum absolute atomic E-state index is 0.690. The Balaban J connectivity index is 1.39. The van der Waals surface area contributed by atoms with Crippen molar-refractivity contribution >= 4 is 0 Å². The van der Waals surface area contributed by atoms with E-state index in [1.54, 1.807) is 0 Å². The van der Waals surface area contributed by atoms with E-state index in [1.807, 2.05) is 0 Å². The van der Waals surface area contributed by atoms with Gasteiger partial charge in [0, 0.05) is 44.3 Å². The fraction of sp³-hybridized carbons (Fsp3) is 1.00. The van der Waals surface area contributed by atoms with Gasteiger partial charge in [-0.05, 0) is 51.9 Å². The number of rotatable bonds is 3. The van der Waals surface area contributed by atoms with Gasteiger partial charge in [0.1, 0.15) is 0 Å².